The van der Waals surface area contributed by atoms with Crippen LogP contribution in [0.5, 0.6) is 5.75 Å². The molecule has 1 unspecified atom stereocenters. The van der Waals surface area contributed by atoms with Gasteiger partial charge in [0, 0.05) is 31.9 Å². The first kappa shape index (κ1) is 14.2. The molecule has 1 saturated heterocycles. The van der Waals surface area contributed by atoms with Gasteiger partial charge in [-0.05, 0) is 31.2 Å². The van der Waals surface area contributed by atoms with Crippen LogP contribution in [-0.2, 0) is 9.59 Å². The third kappa shape index (κ3) is 3.40. The first-order valence-corrected chi connectivity index (χ1v) is 6.60. The molecule has 2 rings (SSSR count). The molecule has 1 atom stereocenters. The van der Waals surface area contributed by atoms with Gasteiger partial charge in [0.1, 0.15) is 5.75 Å². The predicted molar refractivity (Wildman–Crippen MR) is 75.2 cm³/mol. The van der Waals surface area contributed by atoms with Crippen molar-refractivity contribution in [1.82, 2.24) is 9.80 Å². The van der Waals surface area contributed by atoms with Crippen LogP contribution in [-0.4, -0.2) is 54.4 Å². The fraction of sp³-hybridized carbons (Fsp3) is 0.429. The van der Waals surface area contributed by atoms with Crippen molar-refractivity contribution in [2.45, 2.75) is 13.0 Å². The molecule has 6 heteroatoms. The minimum Gasteiger partial charge on any atom is -0.481 e. The summed E-state index contributed by atoms with van der Waals surface area (Å²) in [7, 11) is 0. The second kappa shape index (κ2) is 6.27. The molecule has 1 fully saturated rings. The highest BCUT2D eigenvalue weighted by Crippen LogP contribution is 2.16. The van der Waals surface area contributed by atoms with Gasteiger partial charge in [-0.1, -0.05) is 0 Å². The summed E-state index contributed by atoms with van der Waals surface area (Å²) in [4.78, 5) is 26.2. The van der Waals surface area contributed by atoms with Gasteiger partial charge >= 0.3 is 0 Å². The van der Waals surface area contributed by atoms with Gasteiger partial charge in [0.2, 0.25) is 6.41 Å². The molecule has 0 bridgehead atoms. The monoisotopic (exact) mass is 277 g/mol. The van der Waals surface area contributed by atoms with Crippen molar-refractivity contribution in [3.8, 4) is 5.75 Å². The molecule has 6 nitrogen and oxygen atoms in total. The molecule has 20 heavy (non-hydrogen) atoms. The predicted octanol–water partition coefficient (Wildman–Crippen LogP) is 0.337. The first-order chi connectivity index (χ1) is 9.60. The number of benzene rings is 1. The van der Waals surface area contributed by atoms with E-state index >= 15 is 0 Å². The van der Waals surface area contributed by atoms with E-state index in [1.165, 1.54) is 0 Å². The Morgan fingerprint density at radius 3 is 2.40 bits per heavy atom. The molecule has 1 aliphatic heterocycles. The summed E-state index contributed by atoms with van der Waals surface area (Å²) in [5.41, 5.74) is 6.25. The Bertz CT molecular complexity index is 467. The second-order valence-electron chi connectivity index (χ2n) is 4.80. The second-order valence-corrected chi connectivity index (χ2v) is 4.80. The molecule has 1 aromatic rings. The van der Waals surface area contributed by atoms with Gasteiger partial charge in [-0.25, -0.2) is 0 Å². The van der Waals surface area contributed by atoms with Crippen molar-refractivity contribution < 1.29 is 14.3 Å². The van der Waals surface area contributed by atoms with Crippen LogP contribution in [0.2, 0.25) is 0 Å². The lowest BCUT2D eigenvalue weighted by Gasteiger charge is -2.33. The SMILES string of the molecule is CC(Oc1ccc(N)cc1)C(=O)N1CCN(C=O)CC1. The molecule has 0 aliphatic carbocycles. The van der Waals surface area contributed by atoms with E-state index in [1.807, 2.05) is 0 Å². The summed E-state index contributed by atoms with van der Waals surface area (Å²) >= 11 is 0. The van der Waals surface area contributed by atoms with Crippen LogP contribution in [0, 0.1) is 0 Å². The molecular formula is C14H19N3O3. The highest BCUT2D eigenvalue weighted by atomic mass is 16.5. The number of ether oxygens (including phenoxy) is 1. The van der Waals surface area contributed by atoms with Gasteiger partial charge in [0.25, 0.3) is 5.91 Å². The zero-order valence-corrected chi connectivity index (χ0v) is 11.5. The van der Waals surface area contributed by atoms with Gasteiger partial charge in [-0.15, -0.1) is 0 Å². The fourth-order valence-electron chi connectivity index (χ4n) is 2.11. The Hall–Kier alpha value is -2.24. The highest BCUT2D eigenvalue weighted by Gasteiger charge is 2.25. The van der Waals surface area contributed by atoms with Crippen LogP contribution in [0.25, 0.3) is 0 Å². The third-order valence-electron chi connectivity index (χ3n) is 3.32. The van der Waals surface area contributed by atoms with Crippen molar-refractivity contribution in [1.29, 1.82) is 0 Å². The fourth-order valence-corrected chi connectivity index (χ4v) is 2.11. The van der Waals surface area contributed by atoms with Crippen LogP contribution in [0.15, 0.2) is 24.3 Å². The molecule has 1 aromatic carbocycles. The van der Waals surface area contributed by atoms with Crippen LogP contribution < -0.4 is 10.5 Å². The summed E-state index contributed by atoms with van der Waals surface area (Å²) in [6.07, 6.45) is 0.261. The summed E-state index contributed by atoms with van der Waals surface area (Å²) in [5.74, 6) is 0.555. The van der Waals surface area contributed by atoms with Crippen molar-refractivity contribution in [3.63, 3.8) is 0 Å². The normalized spacial score (nSPS) is 16.6. The number of nitrogen functional groups attached to an aromatic ring is 1. The standard InChI is InChI=1S/C14H19N3O3/c1-11(20-13-4-2-12(15)3-5-13)14(19)17-8-6-16(10-18)7-9-17/h2-5,10-11H,6-9,15H2,1H3. The van der Waals surface area contributed by atoms with Crippen LogP contribution >= 0.6 is 0 Å². The average Bonchev–Trinajstić information content (AvgIpc) is 2.49. The van der Waals surface area contributed by atoms with E-state index in [9.17, 15) is 9.59 Å². The number of carbonyl (C=O) groups excluding carboxylic acids is 2. The summed E-state index contributed by atoms with van der Waals surface area (Å²) in [6, 6.07) is 6.94. The van der Waals surface area contributed by atoms with Gasteiger partial charge in [-0.3, -0.25) is 9.59 Å². The molecule has 2 N–H and O–H groups in total. The first-order valence-electron chi connectivity index (χ1n) is 6.60. The zero-order chi connectivity index (χ0) is 14.5. The van der Waals surface area contributed by atoms with Gasteiger partial charge in [0.15, 0.2) is 6.10 Å². The van der Waals surface area contributed by atoms with E-state index in [2.05, 4.69) is 0 Å². The Balaban J connectivity index is 1.89. The van der Waals surface area contributed by atoms with Gasteiger partial charge < -0.3 is 20.3 Å². The number of nitrogens with two attached hydrogens (primary N) is 1. The third-order valence-corrected chi connectivity index (χ3v) is 3.32. The lowest BCUT2D eigenvalue weighted by atomic mass is 10.2. The number of hydrogen-bond acceptors (Lipinski definition) is 4. The molecule has 2 amide bonds. The minimum absolute atomic E-state index is 0.0626. The summed E-state index contributed by atoms with van der Waals surface area (Å²) in [6.45, 7) is 3.97. The maximum Gasteiger partial charge on any atom is 0.263 e. The molecule has 0 radical (unpaired) electrons. The molecule has 1 aliphatic rings. The zero-order valence-electron chi connectivity index (χ0n) is 11.5. The van der Waals surface area contributed by atoms with Crippen LogP contribution in [0.3, 0.4) is 0 Å². The number of hydrogen-bond donors (Lipinski definition) is 1. The maximum absolute atomic E-state index is 12.2. The Morgan fingerprint density at radius 2 is 1.85 bits per heavy atom. The Morgan fingerprint density at radius 1 is 1.25 bits per heavy atom. The Kier molecular flexibility index (Phi) is 4.45. The van der Waals surface area contributed by atoms with Crippen molar-refractivity contribution >= 4 is 18.0 Å². The van der Waals surface area contributed by atoms with E-state index in [0.29, 0.717) is 37.6 Å². The van der Waals surface area contributed by atoms with Crippen LogP contribution in [0.4, 0.5) is 5.69 Å². The van der Waals surface area contributed by atoms with Crippen molar-refractivity contribution in [3.05, 3.63) is 24.3 Å². The highest BCUT2D eigenvalue weighted by molar-refractivity contribution is 5.81. The molecular weight excluding hydrogens is 258 g/mol. The van der Waals surface area contributed by atoms with E-state index in [4.69, 9.17) is 10.5 Å². The van der Waals surface area contributed by atoms with E-state index in [1.54, 1.807) is 41.0 Å². The van der Waals surface area contributed by atoms with Crippen LogP contribution in [0.1, 0.15) is 6.92 Å². The number of amides is 2. The molecule has 108 valence electrons. The Labute approximate surface area is 118 Å². The smallest absolute Gasteiger partial charge is 0.263 e. The topological polar surface area (TPSA) is 75.9 Å². The molecule has 0 saturated carbocycles. The van der Waals surface area contributed by atoms with E-state index in [0.717, 1.165) is 6.41 Å². The maximum atomic E-state index is 12.2. The number of nitrogens with zero attached hydrogens (tertiary/aromatic N) is 2. The van der Waals surface area contributed by atoms with Crippen molar-refractivity contribution in [2.24, 2.45) is 0 Å². The van der Waals surface area contributed by atoms with E-state index in [-0.39, 0.29) is 5.91 Å². The lowest BCUT2D eigenvalue weighted by Crippen LogP contribution is -2.51. The van der Waals surface area contributed by atoms with E-state index < -0.39 is 6.10 Å². The van der Waals surface area contributed by atoms with Crippen molar-refractivity contribution in [2.75, 3.05) is 31.9 Å². The molecule has 0 aromatic heterocycles. The average molecular weight is 277 g/mol. The number of piperazine rings is 1. The largest absolute Gasteiger partial charge is 0.481 e. The summed E-state index contributed by atoms with van der Waals surface area (Å²) < 4.78 is 5.61. The van der Waals surface area contributed by atoms with Gasteiger partial charge in [-0.2, -0.15) is 0 Å². The molecule has 0 spiro atoms. The lowest BCUT2D eigenvalue weighted by molar-refractivity contribution is -0.141. The summed E-state index contributed by atoms with van der Waals surface area (Å²) in [5, 5.41) is 0. The quantitative estimate of drug-likeness (QED) is 0.636. The van der Waals surface area contributed by atoms with Gasteiger partial charge in [0.05, 0.1) is 0 Å². The number of anilines is 1. The number of rotatable bonds is 4. The number of carbonyl (C=O) groups is 2. The molecule has 1 heterocycles. The minimum atomic E-state index is -0.554.